The van der Waals surface area contributed by atoms with Crippen molar-refractivity contribution in [3.63, 3.8) is 0 Å². The van der Waals surface area contributed by atoms with Gasteiger partial charge in [-0.3, -0.25) is 4.79 Å². The summed E-state index contributed by atoms with van der Waals surface area (Å²) in [6, 6.07) is 6.84. The number of carbonyl (C=O) groups excluding carboxylic acids is 1. The second-order valence-corrected chi connectivity index (χ2v) is 3.98. The van der Waals surface area contributed by atoms with Gasteiger partial charge in [0.15, 0.2) is 0 Å². The van der Waals surface area contributed by atoms with Crippen molar-refractivity contribution in [2.75, 3.05) is 32.1 Å². The fraction of sp³-hybridized carbons (Fsp3) is 0.462. The number of amides is 1. The van der Waals surface area contributed by atoms with E-state index in [-0.39, 0.29) is 32.1 Å². The van der Waals surface area contributed by atoms with Crippen molar-refractivity contribution >= 4 is 11.6 Å². The Bertz CT molecular complexity index is 399. The van der Waals surface area contributed by atoms with Gasteiger partial charge in [-0.25, -0.2) is 8.78 Å². The maximum atomic E-state index is 11.7. The molecule has 0 fully saturated rings. The topological polar surface area (TPSA) is 73.6 Å². The highest BCUT2D eigenvalue weighted by Crippen LogP contribution is 2.12. The number of halogens is 2. The number of nitrogens with one attached hydrogen (secondary N) is 1. The first kappa shape index (κ1) is 16.2. The monoisotopic (exact) mass is 288 g/mol. The minimum Gasteiger partial charge on any atom is -0.493 e. The zero-order chi connectivity index (χ0) is 14.8. The van der Waals surface area contributed by atoms with Crippen LogP contribution in [0.25, 0.3) is 0 Å². The van der Waals surface area contributed by atoms with Crippen LogP contribution < -0.4 is 15.8 Å². The molecular weight excluding hydrogens is 270 g/mol. The van der Waals surface area contributed by atoms with Crippen molar-refractivity contribution in [2.45, 2.75) is 12.8 Å². The molecule has 0 bridgehead atoms. The molecule has 0 saturated carbocycles. The van der Waals surface area contributed by atoms with Crippen LogP contribution in [0.2, 0.25) is 0 Å². The smallest absolute Gasteiger partial charge is 0.261 e. The van der Waals surface area contributed by atoms with Gasteiger partial charge in [0.05, 0.1) is 19.6 Å². The van der Waals surface area contributed by atoms with E-state index in [9.17, 15) is 13.6 Å². The van der Waals surface area contributed by atoms with E-state index < -0.39 is 13.0 Å². The second-order valence-electron chi connectivity index (χ2n) is 3.98. The molecule has 1 rings (SSSR count). The number of nitrogen functional groups attached to an aromatic ring is 1. The summed E-state index contributed by atoms with van der Waals surface area (Å²) in [6.07, 6.45) is -2.31. The molecule has 1 aromatic carbocycles. The summed E-state index contributed by atoms with van der Waals surface area (Å²) in [5.41, 5.74) is 6.16. The first-order valence-corrected chi connectivity index (χ1v) is 6.19. The number of hydrogen-bond donors (Lipinski definition) is 2. The Morgan fingerprint density at radius 2 is 1.95 bits per heavy atom. The van der Waals surface area contributed by atoms with Gasteiger partial charge < -0.3 is 20.5 Å². The number of hydrogen-bond acceptors (Lipinski definition) is 4. The van der Waals surface area contributed by atoms with Crippen molar-refractivity contribution in [3.05, 3.63) is 24.3 Å². The molecule has 0 aliphatic rings. The van der Waals surface area contributed by atoms with Crippen LogP contribution in [0.15, 0.2) is 24.3 Å². The van der Waals surface area contributed by atoms with E-state index in [1.165, 1.54) is 0 Å². The number of benzene rings is 1. The number of alkyl halides is 2. The molecular formula is C13H18F2N2O3. The van der Waals surface area contributed by atoms with Gasteiger partial charge in [0.1, 0.15) is 12.4 Å². The highest BCUT2D eigenvalue weighted by atomic mass is 19.3. The fourth-order valence-corrected chi connectivity index (χ4v) is 1.35. The highest BCUT2D eigenvalue weighted by molar-refractivity contribution is 5.75. The van der Waals surface area contributed by atoms with Crippen molar-refractivity contribution < 1.29 is 23.0 Å². The zero-order valence-electron chi connectivity index (χ0n) is 11.0. The Morgan fingerprint density at radius 1 is 1.25 bits per heavy atom. The lowest BCUT2D eigenvalue weighted by atomic mass is 10.3. The summed E-state index contributed by atoms with van der Waals surface area (Å²) in [5.74, 6) is 0.411. The molecule has 0 unspecified atom stereocenters. The van der Waals surface area contributed by atoms with Crippen LogP contribution in [0.5, 0.6) is 5.75 Å². The third-order valence-electron chi connectivity index (χ3n) is 2.29. The van der Waals surface area contributed by atoms with Gasteiger partial charge in [0, 0.05) is 12.2 Å². The molecule has 1 aromatic rings. The summed E-state index contributed by atoms with van der Waals surface area (Å²) in [7, 11) is 0. The van der Waals surface area contributed by atoms with Crippen LogP contribution in [0.1, 0.15) is 6.42 Å². The number of nitrogens with two attached hydrogens (primary N) is 1. The minimum absolute atomic E-state index is 0.0644. The van der Waals surface area contributed by atoms with Crippen LogP contribution in [0, 0.1) is 0 Å². The van der Waals surface area contributed by atoms with Crippen LogP contribution in [-0.4, -0.2) is 38.7 Å². The maximum Gasteiger partial charge on any atom is 0.261 e. The highest BCUT2D eigenvalue weighted by Gasteiger charge is 2.03. The largest absolute Gasteiger partial charge is 0.493 e. The summed E-state index contributed by atoms with van der Waals surface area (Å²) in [4.78, 5) is 11.4. The number of ether oxygens (including phenoxy) is 2. The van der Waals surface area contributed by atoms with Gasteiger partial charge in [-0.1, -0.05) is 0 Å². The standard InChI is InChI=1S/C13H18F2N2O3/c14-12(15)9-19-8-6-17-13(18)5-7-20-11-3-1-10(16)2-4-11/h1-4,12H,5-9,16H2,(H,17,18). The fourth-order valence-electron chi connectivity index (χ4n) is 1.35. The van der Waals surface area contributed by atoms with Gasteiger partial charge in [-0.15, -0.1) is 0 Å². The summed E-state index contributed by atoms with van der Waals surface area (Å²) in [5, 5.41) is 2.54. The molecule has 0 saturated heterocycles. The Labute approximate surface area is 116 Å². The summed E-state index contributed by atoms with van der Waals surface area (Å²) in [6.45, 7) is -0.119. The molecule has 7 heteroatoms. The van der Waals surface area contributed by atoms with E-state index in [2.05, 4.69) is 10.1 Å². The molecule has 112 valence electrons. The molecule has 0 aromatic heterocycles. The predicted molar refractivity (Wildman–Crippen MR) is 70.8 cm³/mol. The SMILES string of the molecule is Nc1ccc(OCCC(=O)NCCOCC(F)F)cc1. The zero-order valence-corrected chi connectivity index (χ0v) is 11.0. The molecule has 20 heavy (non-hydrogen) atoms. The molecule has 1 amide bonds. The lowest BCUT2D eigenvalue weighted by molar-refractivity contribution is -0.121. The molecule has 5 nitrogen and oxygen atoms in total. The van der Waals surface area contributed by atoms with Crippen molar-refractivity contribution in [1.29, 1.82) is 0 Å². The summed E-state index contributed by atoms with van der Waals surface area (Å²) >= 11 is 0. The molecule has 0 aliphatic heterocycles. The Balaban J connectivity index is 2.04. The number of rotatable bonds is 9. The minimum atomic E-state index is -2.49. The van der Waals surface area contributed by atoms with Gasteiger partial charge >= 0.3 is 0 Å². The van der Waals surface area contributed by atoms with Gasteiger partial charge in [-0.2, -0.15) is 0 Å². The molecule has 3 N–H and O–H groups in total. The molecule has 0 radical (unpaired) electrons. The van der Waals surface area contributed by atoms with E-state index in [4.69, 9.17) is 10.5 Å². The number of anilines is 1. The first-order valence-electron chi connectivity index (χ1n) is 6.19. The molecule has 0 aliphatic carbocycles. The van der Waals surface area contributed by atoms with E-state index >= 15 is 0 Å². The normalized spacial score (nSPS) is 10.6. The Kier molecular flexibility index (Phi) is 7.34. The average Bonchev–Trinajstić information content (AvgIpc) is 2.40. The van der Waals surface area contributed by atoms with Crippen molar-refractivity contribution in [3.8, 4) is 5.75 Å². The average molecular weight is 288 g/mol. The van der Waals surface area contributed by atoms with Crippen molar-refractivity contribution in [1.82, 2.24) is 5.32 Å². The molecule has 0 spiro atoms. The van der Waals surface area contributed by atoms with E-state index in [0.717, 1.165) is 0 Å². The number of carbonyl (C=O) groups is 1. The maximum absolute atomic E-state index is 11.7. The molecule has 0 heterocycles. The summed E-state index contributed by atoms with van der Waals surface area (Å²) < 4.78 is 33.4. The molecule has 0 atom stereocenters. The third kappa shape index (κ3) is 7.52. The first-order chi connectivity index (χ1) is 9.58. The van der Waals surface area contributed by atoms with Crippen LogP contribution >= 0.6 is 0 Å². The van der Waals surface area contributed by atoms with Gasteiger partial charge in [-0.05, 0) is 24.3 Å². The van der Waals surface area contributed by atoms with E-state index in [0.29, 0.717) is 11.4 Å². The van der Waals surface area contributed by atoms with Crippen LogP contribution in [-0.2, 0) is 9.53 Å². The Hall–Kier alpha value is -1.89. The van der Waals surface area contributed by atoms with Gasteiger partial charge in [0.2, 0.25) is 5.91 Å². The van der Waals surface area contributed by atoms with Crippen LogP contribution in [0.4, 0.5) is 14.5 Å². The van der Waals surface area contributed by atoms with E-state index in [1.54, 1.807) is 24.3 Å². The lowest BCUT2D eigenvalue weighted by Gasteiger charge is -2.08. The third-order valence-corrected chi connectivity index (χ3v) is 2.29. The van der Waals surface area contributed by atoms with E-state index in [1.807, 2.05) is 0 Å². The quantitative estimate of drug-likeness (QED) is 0.532. The predicted octanol–water partition coefficient (Wildman–Crippen LogP) is 1.44. The van der Waals surface area contributed by atoms with Crippen LogP contribution in [0.3, 0.4) is 0 Å². The lowest BCUT2D eigenvalue weighted by Crippen LogP contribution is -2.28. The van der Waals surface area contributed by atoms with Crippen molar-refractivity contribution in [2.24, 2.45) is 0 Å². The Morgan fingerprint density at radius 3 is 2.60 bits per heavy atom. The van der Waals surface area contributed by atoms with Gasteiger partial charge in [0.25, 0.3) is 6.43 Å². The second kappa shape index (κ2) is 9.08.